The predicted molar refractivity (Wildman–Crippen MR) is 110 cm³/mol. The molecule has 2 aromatic heterocycles. The van der Waals surface area contributed by atoms with Crippen LogP contribution in [-0.4, -0.2) is 25.6 Å². The van der Waals surface area contributed by atoms with Crippen LogP contribution in [0.3, 0.4) is 0 Å². The standard InChI is InChI=1S/C20H17N3O3S2/c1-14-8-6-7-11-16(14)19-21-20(26-22-19)18-17(12-13-27-18)28(24,25)23(2)15-9-4-3-5-10-15/h3-13H,1-2H3. The lowest BCUT2D eigenvalue weighted by atomic mass is 10.1. The molecule has 4 rings (SSSR count). The summed E-state index contributed by atoms with van der Waals surface area (Å²) in [4.78, 5) is 5.01. The van der Waals surface area contributed by atoms with E-state index in [4.69, 9.17) is 4.52 Å². The normalized spacial score (nSPS) is 11.5. The molecule has 0 spiro atoms. The van der Waals surface area contributed by atoms with E-state index in [1.165, 1.54) is 22.7 Å². The molecular formula is C20H17N3O3S2. The van der Waals surface area contributed by atoms with Gasteiger partial charge in [0, 0.05) is 12.6 Å². The summed E-state index contributed by atoms with van der Waals surface area (Å²) in [5.41, 5.74) is 2.43. The van der Waals surface area contributed by atoms with Gasteiger partial charge in [-0.15, -0.1) is 11.3 Å². The van der Waals surface area contributed by atoms with E-state index in [1.54, 1.807) is 35.7 Å². The van der Waals surface area contributed by atoms with E-state index in [0.29, 0.717) is 16.4 Å². The fraction of sp³-hybridized carbons (Fsp3) is 0.100. The summed E-state index contributed by atoms with van der Waals surface area (Å²) < 4.78 is 33.0. The van der Waals surface area contributed by atoms with Crippen LogP contribution in [0.15, 0.2) is 75.5 Å². The van der Waals surface area contributed by atoms with Crippen LogP contribution in [0.1, 0.15) is 5.56 Å². The van der Waals surface area contributed by atoms with Gasteiger partial charge in [-0.25, -0.2) is 8.42 Å². The number of hydrogen-bond acceptors (Lipinski definition) is 6. The Hall–Kier alpha value is -2.97. The highest BCUT2D eigenvalue weighted by atomic mass is 32.2. The molecule has 0 aliphatic heterocycles. The average molecular weight is 412 g/mol. The van der Waals surface area contributed by atoms with Crippen molar-refractivity contribution in [2.45, 2.75) is 11.8 Å². The van der Waals surface area contributed by atoms with Crippen LogP contribution in [0, 0.1) is 6.92 Å². The van der Waals surface area contributed by atoms with Gasteiger partial charge in [0.25, 0.3) is 15.9 Å². The Morgan fingerprint density at radius 2 is 1.71 bits per heavy atom. The smallest absolute Gasteiger partial charge is 0.269 e. The average Bonchev–Trinajstić information content (AvgIpc) is 3.38. The maximum atomic E-state index is 13.2. The number of aryl methyl sites for hydroxylation is 1. The van der Waals surface area contributed by atoms with Crippen molar-refractivity contribution in [3.05, 3.63) is 71.6 Å². The summed E-state index contributed by atoms with van der Waals surface area (Å²) in [5.74, 6) is 0.620. The summed E-state index contributed by atoms with van der Waals surface area (Å²) in [6.07, 6.45) is 0. The summed E-state index contributed by atoms with van der Waals surface area (Å²) in [5, 5.41) is 5.75. The molecule has 8 heteroatoms. The number of rotatable bonds is 5. The molecule has 2 heterocycles. The van der Waals surface area contributed by atoms with Crippen molar-refractivity contribution in [3.63, 3.8) is 0 Å². The van der Waals surface area contributed by atoms with Gasteiger partial charge in [-0.2, -0.15) is 4.98 Å². The molecule has 0 bridgehead atoms. The zero-order valence-electron chi connectivity index (χ0n) is 15.2. The number of hydrogen-bond donors (Lipinski definition) is 0. The topological polar surface area (TPSA) is 76.3 Å². The van der Waals surface area contributed by atoms with E-state index in [9.17, 15) is 8.42 Å². The maximum absolute atomic E-state index is 13.2. The Labute approximate surface area is 167 Å². The minimum absolute atomic E-state index is 0.142. The minimum Gasteiger partial charge on any atom is -0.333 e. The first-order chi connectivity index (χ1) is 13.5. The summed E-state index contributed by atoms with van der Waals surface area (Å²) in [7, 11) is -2.25. The van der Waals surface area contributed by atoms with Crippen molar-refractivity contribution in [1.29, 1.82) is 0 Å². The zero-order valence-corrected chi connectivity index (χ0v) is 16.9. The van der Waals surface area contributed by atoms with Crippen LogP contribution >= 0.6 is 11.3 Å². The molecule has 0 radical (unpaired) electrons. The second kappa shape index (κ2) is 7.21. The highest BCUT2D eigenvalue weighted by Crippen LogP contribution is 2.35. The third-order valence-corrected chi connectivity index (χ3v) is 7.25. The van der Waals surface area contributed by atoms with Gasteiger partial charge in [-0.05, 0) is 36.1 Å². The van der Waals surface area contributed by atoms with Gasteiger partial charge in [0.15, 0.2) is 0 Å². The molecule has 0 atom stereocenters. The highest BCUT2D eigenvalue weighted by Gasteiger charge is 2.28. The molecule has 0 N–H and O–H groups in total. The molecule has 0 saturated carbocycles. The number of anilines is 1. The minimum atomic E-state index is -3.78. The predicted octanol–water partition coefficient (Wildman–Crippen LogP) is 4.60. The van der Waals surface area contributed by atoms with E-state index >= 15 is 0 Å². The van der Waals surface area contributed by atoms with Crippen LogP contribution in [0.2, 0.25) is 0 Å². The monoisotopic (exact) mass is 411 g/mol. The van der Waals surface area contributed by atoms with Crippen molar-refractivity contribution < 1.29 is 12.9 Å². The third-order valence-electron chi connectivity index (χ3n) is 4.39. The third kappa shape index (κ3) is 3.21. The van der Waals surface area contributed by atoms with Crippen molar-refractivity contribution in [2.75, 3.05) is 11.4 Å². The van der Waals surface area contributed by atoms with Crippen LogP contribution < -0.4 is 4.31 Å². The first-order valence-corrected chi connectivity index (χ1v) is 10.8. The Kier molecular flexibility index (Phi) is 4.74. The first kappa shape index (κ1) is 18.4. The Balaban J connectivity index is 1.74. The molecule has 142 valence electrons. The van der Waals surface area contributed by atoms with Gasteiger partial charge in [0.05, 0.1) is 5.69 Å². The van der Waals surface area contributed by atoms with Gasteiger partial charge >= 0.3 is 0 Å². The molecule has 0 saturated heterocycles. The Morgan fingerprint density at radius 1 is 1.00 bits per heavy atom. The first-order valence-electron chi connectivity index (χ1n) is 8.50. The summed E-state index contributed by atoms with van der Waals surface area (Å²) >= 11 is 1.25. The lowest BCUT2D eigenvalue weighted by Gasteiger charge is -2.19. The number of thiophene rings is 1. The Bertz CT molecular complexity index is 1210. The van der Waals surface area contributed by atoms with Gasteiger partial charge in [0.2, 0.25) is 5.82 Å². The molecule has 0 aliphatic carbocycles. The largest absolute Gasteiger partial charge is 0.333 e. The Morgan fingerprint density at radius 3 is 2.46 bits per heavy atom. The van der Waals surface area contributed by atoms with Gasteiger partial charge in [-0.1, -0.05) is 47.6 Å². The fourth-order valence-electron chi connectivity index (χ4n) is 2.83. The van der Waals surface area contributed by atoms with Crippen LogP contribution in [-0.2, 0) is 10.0 Å². The quantitative estimate of drug-likeness (QED) is 0.480. The SMILES string of the molecule is Cc1ccccc1-c1noc(-c2sccc2S(=O)(=O)N(C)c2ccccc2)n1. The van der Waals surface area contributed by atoms with Gasteiger partial charge < -0.3 is 4.52 Å². The van der Waals surface area contributed by atoms with Crippen LogP contribution in [0.25, 0.3) is 22.2 Å². The fourth-order valence-corrected chi connectivity index (χ4v) is 5.34. The lowest BCUT2D eigenvalue weighted by Crippen LogP contribution is -2.26. The molecule has 28 heavy (non-hydrogen) atoms. The number of benzene rings is 2. The molecule has 2 aromatic carbocycles. The summed E-state index contributed by atoms with van der Waals surface area (Å²) in [6, 6.07) is 18.2. The molecule has 0 fully saturated rings. The van der Waals surface area contributed by atoms with E-state index < -0.39 is 10.0 Å². The second-order valence-electron chi connectivity index (χ2n) is 6.16. The number of sulfonamides is 1. The van der Waals surface area contributed by atoms with E-state index in [2.05, 4.69) is 10.1 Å². The highest BCUT2D eigenvalue weighted by molar-refractivity contribution is 7.93. The maximum Gasteiger partial charge on any atom is 0.269 e. The van der Waals surface area contributed by atoms with Crippen molar-refractivity contribution >= 4 is 27.0 Å². The molecule has 0 unspecified atom stereocenters. The number of nitrogens with zero attached hydrogens (tertiary/aromatic N) is 3. The van der Waals surface area contributed by atoms with E-state index in [0.717, 1.165) is 11.1 Å². The van der Waals surface area contributed by atoms with Crippen molar-refractivity contribution in [3.8, 4) is 22.2 Å². The lowest BCUT2D eigenvalue weighted by molar-refractivity contribution is 0.432. The van der Waals surface area contributed by atoms with Crippen LogP contribution in [0.4, 0.5) is 5.69 Å². The molecule has 4 aromatic rings. The van der Waals surface area contributed by atoms with Crippen molar-refractivity contribution in [2.24, 2.45) is 0 Å². The number of para-hydroxylation sites is 1. The molecule has 6 nitrogen and oxygen atoms in total. The van der Waals surface area contributed by atoms with Crippen LogP contribution in [0.5, 0.6) is 0 Å². The zero-order chi connectivity index (χ0) is 19.7. The van der Waals surface area contributed by atoms with Gasteiger partial charge in [0.1, 0.15) is 9.77 Å². The summed E-state index contributed by atoms with van der Waals surface area (Å²) in [6.45, 7) is 1.96. The molecule has 0 amide bonds. The van der Waals surface area contributed by atoms with E-state index in [-0.39, 0.29) is 10.8 Å². The van der Waals surface area contributed by atoms with Crippen molar-refractivity contribution in [1.82, 2.24) is 10.1 Å². The second-order valence-corrected chi connectivity index (χ2v) is 9.01. The van der Waals surface area contributed by atoms with E-state index in [1.807, 2.05) is 37.3 Å². The molecule has 0 aliphatic rings. The number of aromatic nitrogens is 2. The molecular weight excluding hydrogens is 394 g/mol. The van der Waals surface area contributed by atoms with Gasteiger partial charge in [-0.3, -0.25) is 4.31 Å².